The molecule has 0 aliphatic carbocycles. The quantitative estimate of drug-likeness (QED) is 0.0753. The largest absolute Gasteiger partial charge is 0.472 e. The highest BCUT2D eigenvalue weighted by Gasteiger charge is 2.29. The van der Waals surface area contributed by atoms with Gasteiger partial charge in [0.05, 0.1) is 53.6 Å². The molecule has 1 amide bonds. The Morgan fingerprint density at radius 3 is 1.87 bits per heavy atom. The molecule has 0 aromatic heterocycles. The summed E-state index contributed by atoms with van der Waals surface area (Å²) in [7, 11) is 1.74. The van der Waals surface area contributed by atoms with Crippen molar-refractivity contribution < 1.29 is 37.3 Å². The van der Waals surface area contributed by atoms with E-state index in [-0.39, 0.29) is 25.9 Å². The summed E-state index contributed by atoms with van der Waals surface area (Å²) in [6, 6.07) is 0. The fourth-order valence-corrected chi connectivity index (χ4v) is 5.27. The van der Waals surface area contributed by atoms with Crippen LogP contribution in [0.15, 0.2) is 0 Å². The average Bonchev–Trinajstić information content (AvgIpc) is 2.88. The number of nitrogens with zero attached hydrogens (tertiary/aromatic N) is 2. The van der Waals surface area contributed by atoms with Crippen LogP contribution in [0.3, 0.4) is 0 Å². The zero-order valence-corrected chi connectivity index (χ0v) is 26.5. The topological polar surface area (TPSA) is 94.5 Å². The van der Waals surface area contributed by atoms with E-state index in [4.69, 9.17) is 18.5 Å². The van der Waals surface area contributed by atoms with Gasteiger partial charge in [-0.05, 0) is 6.42 Å². The van der Waals surface area contributed by atoms with Gasteiger partial charge in [-0.3, -0.25) is 9.05 Å². The first-order valence-electron chi connectivity index (χ1n) is 15.6. The monoisotopic (exact) mass is 579 g/mol. The molecule has 1 N–H and O–H groups in total. The van der Waals surface area contributed by atoms with E-state index in [9.17, 15) is 14.3 Å². The molecule has 1 heterocycles. The van der Waals surface area contributed by atoms with Crippen LogP contribution < -0.4 is 0 Å². The van der Waals surface area contributed by atoms with Gasteiger partial charge >= 0.3 is 13.9 Å². The smallest absolute Gasteiger partial charge is 0.449 e. The molecule has 0 spiro atoms. The van der Waals surface area contributed by atoms with Crippen molar-refractivity contribution in [3.8, 4) is 0 Å². The Morgan fingerprint density at radius 2 is 1.36 bits per heavy atom. The SMILES string of the molecule is CCCCCCCCCCCCCCCCCCOC(=O)N1CCOC(COP(=O)(O)OCC[N+](C)(C)C)C1. The second-order valence-electron chi connectivity index (χ2n) is 12.0. The molecule has 1 rings (SSSR count). The summed E-state index contributed by atoms with van der Waals surface area (Å²) in [5, 5.41) is 0. The maximum atomic E-state index is 12.4. The number of morpholine rings is 1. The molecule has 10 heteroatoms. The lowest BCUT2D eigenvalue weighted by atomic mass is 10.0. The van der Waals surface area contributed by atoms with Crippen LogP contribution in [0, 0.1) is 0 Å². The molecule has 0 aromatic rings. The summed E-state index contributed by atoms with van der Waals surface area (Å²) >= 11 is 0. The van der Waals surface area contributed by atoms with Crippen LogP contribution in [0.4, 0.5) is 4.79 Å². The number of phosphoric acid groups is 1. The van der Waals surface area contributed by atoms with E-state index in [1.165, 1.54) is 89.9 Å². The molecular weight excluding hydrogens is 519 g/mol. The third kappa shape index (κ3) is 21.7. The molecule has 9 nitrogen and oxygen atoms in total. The van der Waals surface area contributed by atoms with Gasteiger partial charge in [-0.25, -0.2) is 9.36 Å². The van der Waals surface area contributed by atoms with Gasteiger partial charge in [0.2, 0.25) is 0 Å². The number of likely N-dealkylation sites (N-methyl/N-ethyl adjacent to an activating group) is 1. The first-order valence-corrected chi connectivity index (χ1v) is 17.1. The molecule has 1 saturated heterocycles. The van der Waals surface area contributed by atoms with Crippen molar-refractivity contribution in [2.24, 2.45) is 0 Å². The molecule has 1 fully saturated rings. The lowest BCUT2D eigenvalue weighted by Gasteiger charge is -2.32. The number of carbonyl (C=O) groups excluding carboxylic acids is 1. The first kappa shape index (κ1) is 36.3. The van der Waals surface area contributed by atoms with Gasteiger partial charge in [0.25, 0.3) is 0 Å². The van der Waals surface area contributed by atoms with E-state index in [0.717, 1.165) is 12.8 Å². The highest BCUT2D eigenvalue weighted by Crippen LogP contribution is 2.43. The van der Waals surface area contributed by atoms with Crippen LogP contribution in [0.2, 0.25) is 0 Å². The highest BCUT2D eigenvalue weighted by molar-refractivity contribution is 7.47. The van der Waals surface area contributed by atoms with Crippen LogP contribution in [0.1, 0.15) is 110 Å². The van der Waals surface area contributed by atoms with Gasteiger partial charge < -0.3 is 23.8 Å². The lowest BCUT2D eigenvalue weighted by molar-refractivity contribution is -0.870. The van der Waals surface area contributed by atoms with Crippen molar-refractivity contribution in [1.29, 1.82) is 0 Å². The standard InChI is InChI=1S/C29H59N2O7P/c1-5-6-7-8-9-10-11-12-13-14-15-16-17-18-19-20-23-36-29(32)30-21-24-35-28(26-30)27-38-39(33,34)37-25-22-31(2,3)4/h28H,5-27H2,1-4H3/p+1. The minimum absolute atomic E-state index is 0.112. The van der Waals surface area contributed by atoms with E-state index in [1.807, 2.05) is 21.1 Å². The van der Waals surface area contributed by atoms with E-state index in [0.29, 0.717) is 30.8 Å². The van der Waals surface area contributed by atoms with Crippen molar-refractivity contribution in [1.82, 2.24) is 4.90 Å². The molecule has 0 saturated carbocycles. The summed E-state index contributed by atoms with van der Waals surface area (Å²) in [4.78, 5) is 23.9. The Labute approximate surface area is 239 Å². The molecule has 0 bridgehead atoms. The molecule has 1 aliphatic heterocycles. The van der Waals surface area contributed by atoms with Gasteiger partial charge in [0, 0.05) is 6.54 Å². The summed E-state index contributed by atoms with van der Waals surface area (Å²) < 4.78 is 33.8. The zero-order valence-electron chi connectivity index (χ0n) is 25.6. The molecule has 2 atom stereocenters. The predicted molar refractivity (Wildman–Crippen MR) is 157 cm³/mol. The Balaban J connectivity index is 1.99. The number of rotatable bonds is 24. The fraction of sp³-hybridized carbons (Fsp3) is 0.966. The summed E-state index contributed by atoms with van der Waals surface area (Å²) in [5.74, 6) is 0. The molecule has 1 aliphatic rings. The highest BCUT2D eigenvalue weighted by atomic mass is 31.2. The number of hydrogen-bond donors (Lipinski definition) is 1. The van der Waals surface area contributed by atoms with Crippen LogP contribution in [-0.2, 0) is 23.1 Å². The van der Waals surface area contributed by atoms with Crippen LogP contribution in [-0.4, -0.2) is 93.7 Å². The number of phosphoric ester groups is 1. The minimum Gasteiger partial charge on any atom is -0.449 e. The maximum absolute atomic E-state index is 12.4. The van der Waals surface area contributed by atoms with Crippen molar-refractivity contribution >= 4 is 13.9 Å². The summed E-state index contributed by atoms with van der Waals surface area (Å²) in [6.45, 7) is 4.28. The Kier molecular flexibility index (Phi) is 20.5. The first-order chi connectivity index (χ1) is 18.6. The van der Waals surface area contributed by atoms with Gasteiger partial charge in [-0.2, -0.15) is 0 Å². The van der Waals surface area contributed by atoms with Crippen molar-refractivity contribution in [3.63, 3.8) is 0 Å². The number of hydrogen-bond acceptors (Lipinski definition) is 6. The predicted octanol–water partition coefficient (Wildman–Crippen LogP) is 6.93. The fourth-order valence-electron chi connectivity index (χ4n) is 4.53. The van der Waals surface area contributed by atoms with Gasteiger partial charge in [0.1, 0.15) is 13.2 Å². The molecule has 39 heavy (non-hydrogen) atoms. The lowest BCUT2D eigenvalue weighted by Crippen LogP contribution is -2.47. The summed E-state index contributed by atoms with van der Waals surface area (Å²) in [6.07, 6.45) is 20.1. The summed E-state index contributed by atoms with van der Waals surface area (Å²) in [5.41, 5.74) is 0. The molecule has 2 unspecified atom stereocenters. The van der Waals surface area contributed by atoms with Crippen LogP contribution in [0.25, 0.3) is 0 Å². The molecule has 232 valence electrons. The second kappa shape index (κ2) is 22.0. The Hall–Kier alpha value is -0.700. The van der Waals surface area contributed by atoms with Crippen LogP contribution >= 0.6 is 7.82 Å². The maximum Gasteiger partial charge on any atom is 0.472 e. The van der Waals surface area contributed by atoms with E-state index in [1.54, 1.807) is 4.90 Å². The van der Waals surface area contributed by atoms with E-state index < -0.39 is 13.9 Å². The normalized spacial score (nSPS) is 17.8. The number of unbranched alkanes of at least 4 members (excludes halogenated alkanes) is 15. The third-order valence-corrected chi connectivity index (χ3v) is 8.04. The number of ether oxygens (including phenoxy) is 2. The van der Waals surface area contributed by atoms with E-state index in [2.05, 4.69) is 6.92 Å². The number of carbonyl (C=O) groups is 1. The van der Waals surface area contributed by atoms with Crippen molar-refractivity contribution in [2.45, 2.75) is 116 Å². The Morgan fingerprint density at radius 1 is 0.846 bits per heavy atom. The van der Waals surface area contributed by atoms with Gasteiger partial charge in [-0.1, -0.05) is 103 Å². The second-order valence-corrected chi connectivity index (χ2v) is 13.4. The molecule has 0 radical (unpaired) electrons. The van der Waals surface area contributed by atoms with Gasteiger partial charge in [-0.15, -0.1) is 0 Å². The van der Waals surface area contributed by atoms with Crippen molar-refractivity contribution in [2.75, 3.05) is 67.2 Å². The van der Waals surface area contributed by atoms with E-state index >= 15 is 0 Å². The molecule has 0 aromatic carbocycles. The van der Waals surface area contributed by atoms with Crippen LogP contribution in [0.5, 0.6) is 0 Å². The minimum atomic E-state index is -4.16. The number of quaternary nitrogens is 1. The number of amides is 1. The zero-order chi connectivity index (χ0) is 28.8. The Bertz CT molecular complexity index is 660. The average molecular weight is 580 g/mol. The molecular formula is C29H60N2O7P+. The van der Waals surface area contributed by atoms with Gasteiger partial charge in [0.15, 0.2) is 0 Å². The van der Waals surface area contributed by atoms with Crippen molar-refractivity contribution in [3.05, 3.63) is 0 Å². The third-order valence-electron chi connectivity index (χ3n) is 7.06.